The standard InChI is InChI=1S/C18H28N2O4S/c1-17(2,3)14(19-16(22)24-18(4,5)6)11-20-15(21)12-9-7-8-10-13(12)25(20)23/h7-10,12-14H,11H2,1-6H3,(H,19,22)/t12?,13?,14-,25?/m1/s1. The number of hydrogen-bond acceptors (Lipinski definition) is 4. The van der Waals surface area contributed by atoms with Crippen LogP contribution in [0.5, 0.6) is 0 Å². The van der Waals surface area contributed by atoms with Crippen LogP contribution in [-0.2, 0) is 20.5 Å². The van der Waals surface area contributed by atoms with E-state index in [1.54, 1.807) is 32.9 Å². The molecule has 6 nitrogen and oxygen atoms in total. The van der Waals surface area contributed by atoms with Crippen LogP contribution in [0.25, 0.3) is 0 Å². The Labute approximate surface area is 152 Å². The van der Waals surface area contributed by atoms with Crippen molar-refractivity contribution in [2.24, 2.45) is 11.3 Å². The van der Waals surface area contributed by atoms with Crippen LogP contribution >= 0.6 is 0 Å². The summed E-state index contributed by atoms with van der Waals surface area (Å²) in [4.78, 5) is 24.8. The second kappa shape index (κ2) is 6.94. The van der Waals surface area contributed by atoms with Crippen molar-refractivity contribution in [3.63, 3.8) is 0 Å². The SMILES string of the molecule is CC(C)(C)OC(=O)N[C@H](CN1C(=O)C2C=CC=CC2S1=O)C(C)(C)C. The molecular weight excluding hydrogens is 340 g/mol. The van der Waals surface area contributed by atoms with Crippen LogP contribution in [0, 0.1) is 11.3 Å². The average Bonchev–Trinajstić information content (AvgIpc) is 2.69. The van der Waals surface area contributed by atoms with Gasteiger partial charge in [0.2, 0.25) is 5.91 Å². The van der Waals surface area contributed by atoms with Crippen molar-refractivity contribution in [2.75, 3.05) is 6.54 Å². The zero-order valence-corrected chi connectivity index (χ0v) is 16.6. The predicted molar refractivity (Wildman–Crippen MR) is 98.0 cm³/mol. The maximum Gasteiger partial charge on any atom is 0.407 e. The first kappa shape index (κ1) is 19.7. The largest absolute Gasteiger partial charge is 0.444 e. The molecule has 3 unspecified atom stereocenters. The highest BCUT2D eigenvalue weighted by Gasteiger charge is 2.46. The van der Waals surface area contributed by atoms with Crippen molar-refractivity contribution in [3.05, 3.63) is 24.3 Å². The number of fused-ring (bicyclic) bond motifs is 1. The maximum atomic E-state index is 12.7. The van der Waals surface area contributed by atoms with Crippen LogP contribution < -0.4 is 5.32 Å². The van der Waals surface area contributed by atoms with E-state index in [0.29, 0.717) is 0 Å². The van der Waals surface area contributed by atoms with Crippen molar-refractivity contribution >= 4 is 23.0 Å². The Morgan fingerprint density at radius 2 is 1.84 bits per heavy atom. The van der Waals surface area contributed by atoms with Crippen LogP contribution in [-0.4, -0.2) is 44.0 Å². The molecule has 1 aliphatic carbocycles. The molecule has 4 atom stereocenters. The van der Waals surface area contributed by atoms with Crippen molar-refractivity contribution in [3.8, 4) is 0 Å². The van der Waals surface area contributed by atoms with Gasteiger partial charge in [-0.1, -0.05) is 45.1 Å². The van der Waals surface area contributed by atoms with Crippen molar-refractivity contribution in [2.45, 2.75) is 58.4 Å². The molecule has 2 aliphatic rings. The molecule has 7 heteroatoms. The van der Waals surface area contributed by atoms with Gasteiger partial charge in [0.1, 0.15) is 16.6 Å². The summed E-state index contributed by atoms with van der Waals surface area (Å²) in [7, 11) is -1.44. The predicted octanol–water partition coefficient (Wildman–Crippen LogP) is 2.54. The van der Waals surface area contributed by atoms with E-state index in [1.165, 1.54) is 4.31 Å². The summed E-state index contributed by atoms with van der Waals surface area (Å²) in [5.74, 6) is -0.544. The first-order valence-corrected chi connectivity index (χ1v) is 9.64. The maximum absolute atomic E-state index is 12.7. The van der Waals surface area contributed by atoms with E-state index < -0.39 is 22.7 Å². The minimum atomic E-state index is -1.44. The summed E-state index contributed by atoms with van der Waals surface area (Å²) in [6.45, 7) is 11.5. The topological polar surface area (TPSA) is 75.7 Å². The summed E-state index contributed by atoms with van der Waals surface area (Å²) in [5, 5.41) is 2.52. The number of rotatable bonds is 3. The van der Waals surface area contributed by atoms with Crippen LogP contribution in [0.4, 0.5) is 4.79 Å². The van der Waals surface area contributed by atoms with Gasteiger partial charge in [0.15, 0.2) is 0 Å². The molecule has 0 aromatic heterocycles. The smallest absolute Gasteiger partial charge is 0.407 e. The summed E-state index contributed by atoms with van der Waals surface area (Å²) >= 11 is 0. The summed E-state index contributed by atoms with van der Waals surface area (Å²) in [6.07, 6.45) is 6.68. The molecule has 1 saturated heterocycles. The summed E-state index contributed by atoms with van der Waals surface area (Å²) < 4.78 is 19.4. The lowest BCUT2D eigenvalue weighted by Gasteiger charge is -2.34. The monoisotopic (exact) mass is 368 g/mol. The highest BCUT2D eigenvalue weighted by Crippen LogP contribution is 2.32. The van der Waals surface area contributed by atoms with E-state index >= 15 is 0 Å². The molecule has 25 heavy (non-hydrogen) atoms. The molecule has 2 rings (SSSR count). The minimum absolute atomic E-state index is 0.163. The Bertz CT molecular complexity index is 598. The fraction of sp³-hybridized carbons (Fsp3) is 0.667. The van der Waals surface area contributed by atoms with Gasteiger partial charge in [-0.15, -0.1) is 0 Å². The Balaban J connectivity index is 2.14. The lowest BCUT2D eigenvalue weighted by atomic mass is 9.86. The van der Waals surface area contributed by atoms with Gasteiger partial charge in [0.05, 0.1) is 23.8 Å². The third-order valence-corrected chi connectivity index (χ3v) is 5.83. The number of ether oxygens (including phenoxy) is 1. The molecule has 0 aromatic rings. The van der Waals surface area contributed by atoms with Crippen molar-refractivity contribution in [1.29, 1.82) is 0 Å². The Kier molecular flexibility index (Phi) is 5.47. The Morgan fingerprint density at radius 1 is 1.24 bits per heavy atom. The van der Waals surface area contributed by atoms with Crippen LogP contribution in [0.3, 0.4) is 0 Å². The van der Waals surface area contributed by atoms with Gasteiger partial charge in [-0.25, -0.2) is 9.00 Å². The van der Waals surface area contributed by atoms with E-state index in [4.69, 9.17) is 4.74 Å². The first-order chi connectivity index (χ1) is 11.4. The molecule has 1 aliphatic heterocycles. The summed E-state index contributed by atoms with van der Waals surface area (Å²) in [5.41, 5.74) is -0.940. The third-order valence-electron chi connectivity index (χ3n) is 4.15. The number of nitrogens with one attached hydrogen (secondary N) is 1. The Hall–Kier alpha value is -1.63. The average molecular weight is 368 g/mol. The van der Waals surface area contributed by atoms with E-state index in [9.17, 15) is 13.8 Å². The number of alkyl carbamates (subject to hydrolysis) is 1. The number of nitrogens with zero attached hydrogens (tertiary/aromatic N) is 1. The fourth-order valence-electron chi connectivity index (χ4n) is 2.72. The van der Waals surface area contributed by atoms with Crippen LogP contribution in [0.1, 0.15) is 41.5 Å². The molecule has 0 bridgehead atoms. The third kappa shape index (κ3) is 4.71. The number of carbonyl (C=O) groups is 2. The van der Waals surface area contributed by atoms with E-state index in [0.717, 1.165) is 0 Å². The van der Waals surface area contributed by atoms with Gasteiger partial charge in [-0.05, 0) is 26.2 Å². The van der Waals surface area contributed by atoms with Gasteiger partial charge in [0.25, 0.3) is 0 Å². The lowest BCUT2D eigenvalue weighted by molar-refractivity contribution is -0.127. The van der Waals surface area contributed by atoms with Gasteiger partial charge < -0.3 is 10.1 Å². The Morgan fingerprint density at radius 3 is 2.36 bits per heavy atom. The number of carbonyl (C=O) groups excluding carboxylic acids is 2. The lowest BCUT2D eigenvalue weighted by Crippen LogP contribution is -2.52. The second-order valence-corrected chi connectivity index (χ2v) is 10.0. The highest BCUT2D eigenvalue weighted by atomic mass is 32.2. The van der Waals surface area contributed by atoms with Gasteiger partial charge in [0, 0.05) is 0 Å². The number of amides is 2. The van der Waals surface area contributed by atoms with Crippen molar-refractivity contribution < 1.29 is 18.5 Å². The van der Waals surface area contributed by atoms with Crippen molar-refractivity contribution in [1.82, 2.24) is 9.62 Å². The molecule has 1 heterocycles. The zero-order chi connectivity index (χ0) is 19.0. The van der Waals surface area contributed by atoms with Crippen LogP contribution in [0.2, 0.25) is 0 Å². The molecule has 0 radical (unpaired) electrons. The molecule has 2 amide bonds. The summed E-state index contributed by atoms with van der Waals surface area (Å²) in [6, 6.07) is -0.386. The minimum Gasteiger partial charge on any atom is -0.444 e. The molecule has 0 saturated carbocycles. The molecule has 140 valence electrons. The zero-order valence-electron chi connectivity index (χ0n) is 15.7. The highest BCUT2D eigenvalue weighted by molar-refractivity contribution is 7.84. The van der Waals surface area contributed by atoms with E-state index in [-0.39, 0.29) is 35.1 Å². The number of allylic oxidation sites excluding steroid dienone is 2. The molecule has 1 N–H and O–H groups in total. The normalized spacial score (nSPS) is 27.2. The fourth-order valence-corrected chi connectivity index (χ4v) is 4.29. The van der Waals surface area contributed by atoms with Gasteiger partial charge in [-0.2, -0.15) is 0 Å². The molecule has 1 fully saturated rings. The first-order valence-electron chi connectivity index (χ1n) is 8.47. The quantitative estimate of drug-likeness (QED) is 0.831. The molecule has 0 spiro atoms. The van der Waals surface area contributed by atoms with Gasteiger partial charge >= 0.3 is 6.09 Å². The second-order valence-electron chi connectivity index (χ2n) is 8.50. The van der Waals surface area contributed by atoms with E-state index in [1.807, 2.05) is 32.9 Å². The molecule has 0 aromatic carbocycles. The number of hydrogen-bond donors (Lipinski definition) is 1. The van der Waals surface area contributed by atoms with Gasteiger partial charge in [-0.3, -0.25) is 9.10 Å². The van der Waals surface area contributed by atoms with E-state index in [2.05, 4.69) is 5.32 Å². The molecular formula is C18H28N2O4S. The van der Waals surface area contributed by atoms with Crippen LogP contribution in [0.15, 0.2) is 24.3 Å².